The monoisotopic (exact) mass is 349 g/mol. The number of nitriles is 1. The Balaban J connectivity index is 6.03. The third kappa shape index (κ3) is 3.09. The van der Waals surface area contributed by atoms with Gasteiger partial charge in [-0.2, -0.15) is 40.4 Å². The van der Waals surface area contributed by atoms with Crippen LogP contribution in [0.4, 0.5) is 43.9 Å². The predicted molar refractivity (Wildman–Crippen MR) is 51.2 cm³/mol. The molecular weight excluding hydrogens is 340 g/mol. The standard InChI is InChI=1S/C10H9F10NO/c1-3-6(2,9(16,17)7(13,14)4-21)22-8(15,5(11)12)10(18,19)20/h5H,3H2,1-2H3. The Kier molecular flexibility index (Phi) is 5.42. The zero-order valence-electron chi connectivity index (χ0n) is 10.9. The molecule has 0 fully saturated rings. The molecule has 0 saturated heterocycles. The quantitative estimate of drug-likeness (QED) is 0.664. The van der Waals surface area contributed by atoms with Crippen molar-refractivity contribution in [1.29, 1.82) is 5.26 Å². The minimum absolute atomic E-state index is 0.124. The molecule has 0 N–H and O–H groups in total. The van der Waals surface area contributed by atoms with Crippen molar-refractivity contribution in [3.63, 3.8) is 0 Å². The molecule has 0 bridgehead atoms. The highest BCUT2D eigenvalue weighted by Crippen LogP contribution is 2.51. The molecule has 22 heavy (non-hydrogen) atoms. The average molecular weight is 349 g/mol. The molecule has 0 rings (SSSR count). The molecule has 0 aliphatic rings. The first-order valence-electron chi connectivity index (χ1n) is 5.43. The molecule has 2 atom stereocenters. The smallest absolute Gasteiger partial charge is 0.321 e. The highest BCUT2D eigenvalue weighted by molar-refractivity contribution is 5.11. The van der Waals surface area contributed by atoms with Crippen LogP contribution in [0.3, 0.4) is 0 Å². The van der Waals surface area contributed by atoms with Crippen molar-refractivity contribution < 1.29 is 48.6 Å². The Hall–Kier alpha value is -1.25. The minimum Gasteiger partial charge on any atom is -0.321 e. The summed E-state index contributed by atoms with van der Waals surface area (Å²) in [5.41, 5.74) is -4.03. The molecular formula is C10H9F10NO. The Morgan fingerprint density at radius 3 is 1.64 bits per heavy atom. The van der Waals surface area contributed by atoms with Crippen molar-refractivity contribution in [1.82, 2.24) is 0 Å². The van der Waals surface area contributed by atoms with Crippen LogP contribution in [0.5, 0.6) is 0 Å². The second kappa shape index (κ2) is 5.75. The van der Waals surface area contributed by atoms with Crippen molar-refractivity contribution in [2.75, 3.05) is 0 Å². The van der Waals surface area contributed by atoms with E-state index in [-0.39, 0.29) is 13.0 Å². The first-order valence-corrected chi connectivity index (χ1v) is 5.43. The minimum atomic E-state index is -6.48. The molecule has 0 aliphatic heterocycles. The van der Waals surface area contributed by atoms with E-state index in [4.69, 9.17) is 5.26 Å². The number of halogens is 10. The van der Waals surface area contributed by atoms with E-state index < -0.39 is 42.3 Å². The van der Waals surface area contributed by atoms with E-state index in [1.807, 2.05) is 0 Å². The van der Waals surface area contributed by atoms with Gasteiger partial charge in [0, 0.05) is 0 Å². The first kappa shape index (κ1) is 20.8. The predicted octanol–water partition coefficient (Wildman–Crippen LogP) is 4.46. The van der Waals surface area contributed by atoms with E-state index in [0.717, 1.165) is 0 Å². The van der Waals surface area contributed by atoms with Gasteiger partial charge in [-0.05, 0) is 13.3 Å². The Bertz CT molecular complexity index is 442. The second-order valence-corrected chi connectivity index (χ2v) is 4.39. The summed E-state index contributed by atoms with van der Waals surface area (Å²) in [5.74, 6) is -17.2. The van der Waals surface area contributed by atoms with E-state index in [0.29, 0.717) is 6.92 Å². The number of hydrogen-bond acceptors (Lipinski definition) is 2. The van der Waals surface area contributed by atoms with E-state index in [2.05, 4.69) is 4.74 Å². The van der Waals surface area contributed by atoms with Gasteiger partial charge in [0.25, 0.3) is 0 Å². The summed E-state index contributed by atoms with van der Waals surface area (Å²) in [6.07, 6.45) is -12.9. The topological polar surface area (TPSA) is 33.0 Å². The fourth-order valence-electron chi connectivity index (χ4n) is 1.31. The lowest BCUT2D eigenvalue weighted by molar-refractivity contribution is -0.423. The Labute approximate surface area is 117 Å². The average Bonchev–Trinajstić information content (AvgIpc) is 2.36. The van der Waals surface area contributed by atoms with E-state index in [1.54, 1.807) is 0 Å². The molecule has 0 aliphatic carbocycles. The zero-order chi connectivity index (χ0) is 18.2. The van der Waals surface area contributed by atoms with Gasteiger partial charge in [-0.1, -0.05) is 6.92 Å². The fourth-order valence-corrected chi connectivity index (χ4v) is 1.31. The van der Waals surface area contributed by atoms with E-state index >= 15 is 0 Å². The van der Waals surface area contributed by atoms with Gasteiger partial charge < -0.3 is 4.74 Å². The van der Waals surface area contributed by atoms with Crippen LogP contribution in [0.25, 0.3) is 0 Å². The van der Waals surface area contributed by atoms with Crippen LogP contribution >= 0.6 is 0 Å². The maximum absolute atomic E-state index is 13.6. The molecule has 0 spiro atoms. The summed E-state index contributed by atoms with van der Waals surface area (Å²) in [4.78, 5) is 0. The van der Waals surface area contributed by atoms with Gasteiger partial charge in [0.05, 0.1) is 0 Å². The molecule has 2 unspecified atom stereocenters. The van der Waals surface area contributed by atoms with Crippen LogP contribution in [0.2, 0.25) is 0 Å². The molecule has 0 radical (unpaired) electrons. The largest absolute Gasteiger partial charge is 0.454 e. The molecule has 0 aromatic carbocycles. The van der Waals surface area contributed by atoms with Crippen LogP contribution in [-0.4, -0.2) is 35.9 Å². The van der Waals surface area contributed by atoms with Crippen LogP contribution < -0.4 is 0 Å². The number of hydrogen-bond donors (Lipinski definition) is 0. The van der Waals surface area contributed by atoms with E-state index in [9.17, 15) is 43.9 Å². The molecule has 0 heterocycles. The summed E-state index contributed by atoms with van der Waals surface area (Å²) >= 11 is 0. The van der Waals surface area contributed by atoms with Gasteiger partial charge in [-0.3, -0.25) is 0 Å². The van der Waals surface area contributed by atoms with Gasteiger partial charge in [0.1, 0.15) is 11.7 Å². The number of ether oxygens (including phenoxy) is 1. The van der Waals surface area contributed by atoms with Crippen LogP contribution in [0.1, 0.15) is 20.3 Å². The summed E-state index contributed by atoms with van der Waals surface area (Å²) in [7, 11) is 0. The van der Waals surface area contributed by atoms with Crippen molar-refractivity contribution in [3.05, 3.63) is 0 Å². The molecule has 0 saturated carbocycles. The zero-order valence-corrected chi connectivity index (χ0v) is 10.9. The SMILES string of the molecule is CCC(C)(OC(F)(C(F)F)C(F)(F)F)C(F)(F)C(F)(F)C#N. The number of nitrogens with zero attached hydrogens (tertiary/aromatic N) is 1. The molecule has 0 aromatic heterocycles. The lowest BCUT2D eigenvalue weighted by Crippen LogP contribution is -2.64. The van der Waals surface area contributed by atoms with Crippen LogP contribution in [0, 0.1) is 11.3 Å². The van der Waals surface area contributed by atoms with Crippen molar-refractivity contribution in [3.8, 4) is 6.07 Å². The molecule has 130 valence electrons. The van der Waals surface area contributed by atoms with Gasteiger partial charge in [-0.15, -0.1) is 0 Å². The third-order valence-corrected chi connectivity index (χ3v) is 2.91. The van der Waals surface area contributed by atoms with Crippen molar-refractivity contribution in [2.24, 2.45) is 0 Å². The molecule has 0 amide bonds. The van der Waals surface area contributed by atoms with Gasteiger partial charge in [-0.25, -0.2) is 8.78 Å². The normalized spacial score (nSPS) is 19.5. The molecule has 2 nitrogen and oxygen atoms in total. The molecule has 0 aromatic rings. The van der Waals surface area contributed by atoms with Gasteiger partial charge in [0.15, 0.2) is 0 Å². The first-order chi connectivity index (χ1) is 9.52. The number of alkyl halides is 10. The lowest BCUT2D eigenvalue weighted by Gasteiger charge is -2.42. The molecule has 12 heteroatoms. The highest BCUT2D eigenvalue weighted by atomic mass is 19.4. The van der Waals surface area contributed by atoms with E-state index in [1.165, 1.54) is 0 Å². The second-order valence-electron chi connectivity index (χ2n) is 4.39. The summed E-state index contributed by atoms with van der Waals surface area (Å²) in [5, 5.41) is 7.96. The van der Waals surface area contributed by atoms with Crippen molar-refractivity contribution >= 4 is 0 Å². The Morgan fingerprint density at radius 2 is 1.41 bits per heavy atom. The lowest BCUT2D eigenvalue weighted by atomic mass is 9.89. The summed E-state index contributed by atoms with van der Waals surface area (Å²) in [6.45, 7) is 0.449. The maximum atomic E-state index is 13.6. The highest BCUT2D eigenvalue weighted by Gasteiger charge is 2.74. The Morgan fingerprint density at radius 1 is 1.00 bits per heavy atom. The number of rotatable bonds is 6. The van der Waals surface area contributed by atoms with Crippen LogP contribution in [0.15, 0.2) is 0 Å². The fraction of sp³-hybridized carbons (Fsp3) is 0.900. The van der Waals surface area contributed by atoms with Gasteiger partial charge >= 0.3 is 30.3 Å². The van der Waals surface area contributed by atoms with Crippen molar-refractivity contribution in [2.45, 2.75) is 56.2 Å². The third-order valence-electron chi connectivity index (χ3n) is 2.91. The van der Waals surface area contributed by atoms with Crippen LogP contribution in [-0.2, 0) is 4.74 Å². The maximum Gasteiger partial charge on any atom is 0.454 e. The summed E-state index contributed by atoms with van der Waals surface area (Å²) in [6, 6.07) is -0.179. The van der Waals surface area contributed by atoms with Gasteiger partial charge in [0.2, 0.25) is 0 Å². The summed E-state index contributed by atoms with van der Waals surface area (Å²) < 4.78 is 131.